The first kappa shape index (κ1) is 18.3. The molecule has 0 saturated carbocycles. The van der Waals surface area contributed by atoms with Gasteiger partial charge in [-0.05, 0) is 51.4 Å². The zero-order chi connectivity index (χ0) is 17.6. The Morgan fingerprint density at radius 1 is 1.20 bits per heavy atom. The number of carbonyl (C=O) groups excluding carboxylic acids is 1. The van der Waals surface area contributed by atoms with E-state index >= 15 is 0 Å². The largest absolute Gasteiger partial charge is 0.340 e. The minimum atomic E-state index is 0.340. The fraction of sp³-hybridized carbons (Fsp3) is 0.700. The number of likely N-dealkylation sites (tertiary alicyclic amines) is 1. The van der Waals surface area contributed by atoms with Crippen molar-refractivity contribution in [3.8, 4) is 0 Å². The van der Waals surface area contributed by atoms with E-state index in [9.17, 15) is 4.79 Å². The van der Waals surface area contributed by atoms with Crippen molar-refractivity contribution in [1.29, 1.82) is 0 Å². The quantitative estimate of drug-likeness (QED) is 0.822. The number of aromatic nitrogens is 1. The number of piperazine rings is 1. The van der Waals surface area contributed by atoms with Gasteiger partial charge in [-0.3, -0.25) is 14.7 Å². The van der Waals surface area contributed by atoms with Crippen molar-refractivity contribution in [2.45, 2.75) is 51.6 Å². The molecule has 1 aromatic rings. The van der Waals surface area contributed by atoms with Crippen molar-refractivity contribution in [2.24, 2.45) is 0 Å². The van der Waals surface area contributed by atoms with E-state index in [-0.39, 0.29) is 0 Å². The molecule has 1 atom stereocenters. The lowest BCUT2D eigenvalue weighted by Crippen LogP contribution is -2.48. The standard InChI is InChI=1S/C20H32N4O/c1-17-6-5-10-21-19(17)16-23-12-14-24(15-13-23)20(25)9-8-18-7-3-4-11-22(18)2/h5-6,10,18H,3-4,7-9,11-16H2,1-2H3. The third-order valence-electron chi connectivity index (χ3n) is 5.83. The van der Waals surface area contributed by atoms with Gasteiger partial charge in [0.15, 0.2) is 0 Å². The van der Waals surface area contributed by atoms with Crippen molar-refractivity contribution in [3.63, 3.8) is 0 Å². The molecule has 2 saturated heterocycles. The summed E-state index contributed by atoms with van der Waals surface area (Å²) in [5.41, 5.74) is 2.40. The summed E-state index contributed by atoms with van der Waals surface area (Å²) in [6.07, 6.45) is 7.45. The minimum absolute atomic E-state index is 0.340. The van der Waals surface area contributed by atoms with Crippen LogP contribution in [-0.2, 0) is 11.3 Å². The molecule has 1 amide bonds. The van der Waals surface area contributed by atoms with Gasteiger partial charge in [-0.15, -0.1) is 0 Å². The molecule has 0 aromatic carbocycles. The Morgan fingerprint density at radius 2 is 2.00 bits per heavy atom. The molecule has 3 heterocycles. The maximum Gasteiger partial charge on any atom is 0.222 e. The van der Waals surface area contributed by atoms with E-state index in [0.29, 0.717) is 18.4 Å². The highest BCUT2D eigenvalue weighted by Gasteiger charge is 2.24. The van der Waals surface area contributed by atoms with Crippen molar-refractivity contribution in [1.82, 2.24) is 19.7 Å². The van der Waals surface area contributed by atoms with Gasteiger partial charge >= 0.3 is 0 Å². The van der Waals surface area contributed by atoms with Gasteiger partial charge in [-0.2, -0.15) is 0 Å². The molecule has 25 heavy (non-hydrogen) atoms. The first-order valence-corrected chi connectivity index (χ1v) is 9.74. The second-order valence-corrected chi connectivity index (χ2v) is 7.59. The van der Waals surface area contributed by atoms with Crippen LogP contribution in [0.1, 0.15) is 43.4 Å². The first-order valence-electron chi connectivity index (χ1n) is 9.74. The van der Waals surface area contributed by atoms with Crippen LogP contribution in [0.15, 0.2) is 18.3 Å². The first-order chi connectivity index (χ1) is 12.1. The minimum Gasteiger partial charge on any atom is -0.340 e. The van der Waals surface area contributed by atoms with E-state index in [4.69, 9.17) is 0 Å². The Bertz CT molecular complexity index is 569. The Hall–Kier alpha value is -1.46. The van der Waals surface area contributed by atoms with E-state index in [2.05, 4.69) is 39.7 Å². The van der Waals surface area contributed by atoms with Crippen molar-refractivity contribution < 1.29 is 4.79 Å². The second-order valence-electron chi connectivity index (χ2n) is 7.59. The van der Waals surface area contributed by atoms with Gasteiger partial charge in [-0.1, -0.05) is 12.5 Å². The number of aryl methyl sites for hydroxylation is 1. The molecule has 0 N–H and O–H groups in total. The Labute approximate surface area is 152 Å². The summed E-state index contributed by atoms with van der Waals surface area (Å²) < 4.78 is 0. The van der Waals surface area contributed by atoms with Crippen LogP contribution in [0.4, 0.5) is 0 Å². The summed E-state index contributed by atoms with van der Waals surface area (Å²) >= 11 is 0. The SMILES string of the molecule is Cc1cccnc1CN1CCN(C(=O)CCC2CCCCN2C)CC1. The number of hydrogen-bond donors (Lipinski definition) is 0. The predicted octanol–water partition coefficient (Wildman–Crippen LogP) is 2.30. The molecule has 2 aliphatic rings. The number of carbonyl (C=O) groups is 1. The Morgan fingerprint density at radius 3 is 2.72 bits per heavy atom. The summed E-state index contributed by atoms with van der Waals surface area (Å²) in [5, 5.41) is 0. The van der Waals surface area contributed by atoms with Crippen molar-refractivity contribution in [2.75, 3.05) is 39.8 Å². The maximum absolute atomic E-state index is 12.5. The van der Waals surface area contributed by atoms with Crippen molar-refractivity contribution in [3.05, 3.63) is 29.6 Å². The molecule has 2 aliphatic heterocycles. The average molecular weight is 345 g/mol. The molecule has 3 rings (SSSR count). The van der Waals surface area contributed by atoms with Gasteiger partial charge in [0.05, 0.1) is 5.69 Å². The predicted molar refractivity (Wildman–Crippen MR) is 100 cm³/mol. The molecule has 138 valence electrons. The van der Waals surface area contributed by atoms with Crippen molar-refractivity contribution >= 4 is 5.91 Å². The summed E-state index contributed by atoms with van der Waals surface area (Å²) in [7, 11) is 2.20. The van der Waals surface area contributed by atoms with Crippen LogP contribution in [0, 0.1) is 6.92 Å². The lowest BCUT2D eigenvalue weighted by molar-refractivity contribution is -0.133. The fourth-order valence-corrected chi connectivity index (χ4v) is 4.01. The third-order valence-corrected chi connectivity index (χ3v) is 5.83. The smallest absolute Gasteiger partial charge is 0.222 e. The lowest BCUT2D eigenvalue weighted by atomic mass is 9.98. The van der Waals surface area contributed by atoms with Gasteiger partial charge in [0.1, 0.15) is 0 Å². The number of amides is 1. The molecule has 1 unspecified atom stereocenters. The van der Waals surface area contributed by atoms with Gasteiger partial charge in [0.2, 0.25) is 5.91 Å². The zero-order valence-electron chi connectivity index (χ0n) is 15.8. The van der Waals surface area contributed by atoms with Gasteiger partial charge in [0, 0.05) is 51.4 Å². The Kier molecular flexibility index (Phi) is 6.43. The third kappa shape index (κ3) is 5.02. The second kappa shape index (κ2) is 8.77. The highest BCUT2D eigenvalue weighted by atomic mass is 16.2. The van der Waals surface area contributed by atoms with Crippen LogP contribution in [0.5, 0.6) is 0 Å². The molecule has 0 bridgehead atoms. The number of rotatable bonds is 5. The highest BCUT2D eigenvalue weighted by Crippen LogP contribution is 2.20. The fourth-order valence-electron chi connectivity index (χ4n) is 4.01. The van der Waals surface area contributed by atoms with E-state index in [1.54, 1.807) is 0 Å². The zero-order valence-corrected chi connectivity index (χ0v) is 15.8. The monoisotopic (exact) mass is 344 g/mol. The number of piperidine rings is 1. The molecule has 0 spiro atoms. The highest BCUT2D eigenvalue weighted by molar-refractivity contribution is 5.76. The van der Waals surface area contributed by atoms with Crippen LogP contribution in [-0.4, -0.2) is 71.4 Å². The summed E-state index contributed by atoms with van der Waals surface area (Å²) in [4.78, 5) is 23.9. The average Bonchev–Trinajstić information content (AvgIpc) is 2.63. The van der Waals surface area contributed by atoms with Crippen LogP contribution < -0.4 is 0 Å². The van der Waals surface area contributed by atoms with Crippen LogP contribution in [0.25, 0.3) is 0 Å². The van der Waals surface area contributed by atoms with Crippen LogP contribution in [0.3, 0.4) is 0 Å². The number of hydrogen-bond acceptors (Lipinski definition) is 4. The summed E-state index contributed by atoms with van der Waals surface area (Å²) in [6, 6.07) is 4.70. The topological polar surface area (TPSA) is 39.7 Å². The molecule has 0 radical (unpaired) electrons. The molecule has 1 aromatic heterocycles. The summed E-state index contributed by atoms with van der Waals surface area (Å²) in [5.74, 6) is 0.340. The number of pyridine rings is 1. The summed E-state index contributed by atoms with van der Waals surface area (Å²) in [6.45, 7) is 7.79. The normalized spacial score (nSPS) is 23.0. The van der Waals surface area contributed by atoms with E-state index < -0.39 is 0 Å². The van der Waals surface area contributed by atoms with Gasteiger partial charge in [0.25, 0.3) is 0 Å². The van der Waals surface area contributed by atoms with E-state index in [1.807, 2.05) is 12.3 Å². The molecule has 2 fully saturated rings. The van der Waals surface area contributed by atoms with Gasteiger partial charge < -0.3 is 9.80 Å². The Balaban J connectivity index is 1.41. The van der Waals surface area contributed by atoms with E-state index in [0.717, 1.165) is 44.8 Å². The van der Waals surface area contributed by atoms with Crippen LogP contribution >= 0.6 is 0 Å². The molecular weight excluding hydrogens is 312 g/mol. The molecule has 0 aliphatic carbocycles. The molecular formula is C20H32N4O. The van der Waals surface area contributed by atoms with Gasteiger partial charge in [-0.25, -0.2) is 0 Å². The van der Waals surface area contributed by atoms with Crippen LogP contribution in [0.2, 0.25) is 0 Å². The lowest BCUT2D eigenvalue weighted by Gasteiger charge is -2.36. The van der Waals surface area contributed by atoms with E-state index in [1.165, 1.54) is 31.4 Å². The maximum atomic E-state index is 12.5. The number of nitrogens with zero attached hydrogens (tertiary/aromatic N) is 4. The molecule has 5 heteroatoms. The molecule has 5 nitrogen and oxygen atoms in total.